The fourth-order valence-electron chi connectivity index (χ4n) is 3.40. The van der Waals surface area contributed by atoms with Crippen LogP contribution in [-0.4, -0.2) is 11.1 Å². The van der Waals surface area contributed by atoms with E-state index in [9.17, 15) is 0 Å². The summed E-state index contributed by atoms with van der Waals surface area (Å²) in [4.78, 5) is 0. The van der Waals surface area contributed by atoms with E-state index in [0.717, 1.165) is 36.6 Å². The van der Waals surface area contributed by atoms with E-state index < -0.39 is 0 Å². The van der Waals surface area contributed by atoms with Crippen molar-refractivity contribution in [3.05, 3.63) is 58.1 Å². The van der Waals surface area contributed by atoms with Crippen molar-refractivity contribution in [2.75, 3.05) is 11.9 Å². The van der Waals surface area contributed by atoms with E-state index in [1.54, 1.807) is 0 Å². The summed E-state index contributed by atoms with van der Waals surface area (Å²) < 4.78 is 4.77. The van der Waals surface area contributed by atoms with Gasteiger partial charge < -0.3 is 0 Å². The average Bonchev–Trinajstić information content (AvgIpc) is 2.84. The highest BCUT2D eigenvalue weighted by Crippen LogP contribution is 2.26. The summed E-state index contributed by atoms with van der Waals surface area (Å²) in [7, 11) is 0. The summed E-state index contributed by atoms with van der Waals surface area (Å²) >= 11 is 6.39. The zero-order chi connectivity index (χ0) is 16.0. The van der Waals surface area contributed by atoms with Crippen molar-refractivity contribution >= 4 is 28.6 Å². The van der Waals surface area contributed by atoms with Crippen LogP contribution in [0.4, 0.5) is 5.95 Å². The Hall–Kier alpha value is -2.00. The van der Waals surface area contributed by atoms with E-state index in [0.29, 0.717) is 0 Å². The Labute approximate surface area is 141 Å². The molecule has 0 fully saturated rings. The molecule has 1 N–H and O–H groups in total. The van der Waals surface area contributed by atoms with Gasteiger partial charge in [-0.25, -0.2) is 9.13 Å². The Bertz CT molecular complexity index is 895. The average molecular weight is 327 g/mol. The normalized spacial score (nSPS) is 13.9. The second-order valence-corrected chi connectivity index (χ2v) is 6.77. The summed E-state index contributed by atoms with van der Waals surface area (Å²) in [5, 5.41) is 4.41. The van der Waals surface area contributed by atoms with Crippen molar-refractivity contribution in [3.8, 4) is 0 Å². The topological polar surface area (TPSA) is 20.8 Å². The Balaban J connectivity index is 1.94. The van der Waals surface area contributed by atoms with Crippen molar-refractivity contribution in [2.45, 2.75) is 33.4 Å². The molecule has 3 aromatic rings. The van der Waals surface area contributed by atoms with Gasteiger partial charge in [-0.1, -0.05) is 29.8 Å². The van der Waals surface area contributed by atoms with Crippen molar-refractivity contribution < 1.29 is 4.57 Å². The van der Waals surface area contributed by atoms with Crippen LogP contribution >= 0.6 is 11.6 Å². The molecule has 0 spiro atoms. The Morgan fingerprint density at radius 1 is 1.17 bits per heavy atom. The number of aryl methyl sites for hydroxylation is 3. The van der Waals surface area contributed by atoms with Gasteiger partial charge in [0.05, 0.1) is 19.6 Å². The van der Waals surface area contributed by atoms with Gasteiger partial charge in [-0.15, -0.1) is 0 Å². The third kappa shape index (κ3) is 2.40. The molecule has 0 radical (unpaired) electrons. The predicted octanol–water partition coefficient (Wildman–Crippen LogP) is 4.06. The number of imidazole rings is 1. The summed E-state index contributed by atoms with van der Waals surface area (Å²) in [6.45, 7) is 7.24. The summed E-state index contributed by atoms with van der Waals surface area (Å²) in [5.74, 6) is 1.19. The smallest absolute Gasteiger partial charge is 0.277 e. The monoisotopic (exact) mass is 326 g/mol. The first-order chi connectivity index (χ1) is 11.1. The first-order valence-corrected chi connectivity index (χ1v) is 8.53. The molecule has 4 rings (SSSR count). The van der Waals surface area contributed by atoms with Gasteiger partial charge in [-0.2, -0.15) is 0 Å². The van der Waals surface area contributed by atoms with Crippen LogP contribution in [0.25, 0.3) is 11.0 Å². The quantitative estimate of drug-likeness (QED) is 0.704. The molecule has 0 amide bonds. The Morgan fingerprint density at radius 3 is 2.78 bits per heavy atom. The number of aromatic nitrogens is 2. The highest BCUT2D eigenvalue weighted by atomic mass is 35.5. The van der Waals surface area contributed by atoms with Crippen LogP contribution < -0.4 is 9.88 Å². The van der Waals surface area contributed by atoms with Crippen molar-refractivity contribution in [3.63, 3.8) is 0 Å². The molecule has 0 aliphatic carbocycles. The zero-order valence-electron chi connectivity index (χ0n) is 13.6. The van der Waals surface area contributed by atoms with Gasteiger partial charge in [0.2, 0.25) is 0 Å². The van der Waals surface area contributed by atoms with Crippen LogP contribution in [0.3, 0.4) is 0 Å². The van der Waals surface area contributed by atoms with Gasteiger partial charge in [0, 0.05) is 17.0 Å². The van der Waals surface area contributed by atoms with E-state index in [2.05, 4.69) is 52.6 Å². The molecule has 23 heavy (non-hydrogen) atoms. The van der Waals surface area contributed by atoms with E-state index >= 15 is 0 Å². The molecule has 1 aliphatic heterocycles. The second-order valence-electron chi connectivity index (χ2n) is 6.36. The van der Waals surface area contributed by atoms with Crippen molar-refractivity contribution in [1.29, 1.82) is 0 Å². The van der Waals surface area contributed by atoms with Crippen LogP contribution in [0.1, 0.15) is 23.1 Å². The number of halogens is 1. The number of hydrogen-bond donors (Lipinski definition) is 1. The Morgan fingerprint density at radius 2 is 1.96 bits per heavy atom. The number of anilines is 1. The molecule has 0 bridgehead atoms. The van der Waals surface area contributed by atoms with Gasteiger partial charge in [0.25, 0.3) is 0 Å². The molecule has 0 saturated heterocycles. The molecule has 2 heterocycles. The highest BCUT2D eigenvalue weighted by molar-refractivity contribution is 6.31. The van der Waals surface area contributed by atoms with Crippen molar-refractivity contribution in [1.82, 2.24) is 4.57 Å². The number of nitrogens with zero attached hydrogens (tertiary/aromatic N) is 2. The zero-order valence-corrected chi connectivity index (χ0v) is 14.3. The van der Waals surface area contributed by atoms with E-state index in [1.165, 1.54) is 28.1 Å². The number of benzene rings is 2. The predicted molar refractivity (Wildman–Crippen MR) is 95.3 cm³/mol. The fraction of sp³-hybridized carbons (Fsp3) is 0.316. The second kappa shape index (κ2) is 5.57. The third-order valence-electron chi connectivity index (χ3n) is 4.81. The first-order valence-electron chi connectivity index (χ1n) is 8.16. The molecule has 0 atom stereocenters. The van der Waals surface area contributed by atoms with Gasteiger partial charge >= 0.3 is 5.95 Å². The highest BCUT2D eigenvalue weighted by Gasteiger charge is 2.27. The van der Waals surface area contributed by atoms with Crippen LogP contribution in [0.5, 0.6) is 0 Å². The fourth-order valence-corrected chi connectivity index (χ4v) is 3.60. The molecule has 0 saturated carbocycles. The van der Waals surface area contributed by atoms with Gasteiger partial charge in [-0.3, -0.25) is 5.32 Å². The van der Waals surface area contributed by atoms with Crippen LogP contribution in [-0.2, 0) is 13.1 Å². The minimum Gasteiger partial charge on any atom is -0.277 e. The minimum absolute atomic E-state index is 0.786. The number of fused-ring (bicyclic) bond motifs is 3. The summed E-state index contributed by atoms with van der Waals surface area (Å²) in [6, 6.07) is 12.7. The minimum atomic E-state index is 0.786. The number of nitrogens with one attached hydrogen (secondary N) is 1. The lowest BCUT2D eigenvalue weighted by Crippen LogP contribution is -2.42. The molecule has 2 aromatic carbocycles. The molecule has 4 heteroatoms. The van der Waals surface area contributed by atoms with E-state index in [-0.39, 0.29) is 0 Å². The Kier molecular flexibility index (Phi) is 3.53. The lowest BCUT2D eigenvalue weighted by Gasteiger charge is -2.12. The molecule has 0 unspecified atom stereocenters. The molecule has 3 nitrogen and oxygen atoms in total. The van der Waals surface area contributed by atoms with Crippen LogP contribution in [0, 0.1) is 13.8 Å². The molecule has 1 aromatic heterocycles. The summed E-state index contributed by atoms with van der Waals surface area (Å²) in [6.07, 6.45) is 1.16. The summed E-state index contributed by atoms with van der Waals surface area (Å²) in [5.41, 5.74) is 6.40. The number of hydrogen-bond acceptors (Lipinski definition) is 1. The molecule has 1 aliphatic rings. The molecular formula is C19H21ClN3+. The SMILES string of the molecule is Cc1cc2c(cc1C)[n+]1c(n2Cc2ccccc2Cl)NCCC1. The maximum Gasteiger partial charge on any atom is 0.358 e. The van der Waals surface area contributed by atoms with E-state index in [1.807, 2.05) is 12.1 Å². The molecule has 118 valence electrons. The van der Waals surface area contributed by atoms with Crippen LogP contribution in [0.15, 0.2) is 36.4 Å². The van der Waals surface area contributed by atoms with Crippen LogP contribution in [0.2, 0.25) is 5.02 Å². The maximum absolute atomic E-state index is 6.39. The largest absolute Gasteiger partial charge is 0.358 e. The van der Waals surface area contributed by atoms with Crippen molar-refractivity contribution in [2.24, 2.45) is 0 Å². The first kappa shape index (κ1) is 14.6. The number of rotatable bonds is 2. The van der Waals surface area contributed by atoms with Gasteiger partial charge in [0.1, 0.15) is 11.0 Å². The van der Waals surface area contributed by atoms with E-state index in [4.69, 9.17) is 11.6 Å². The third-order valence-corrected chi connectivity index (χ3v) is 5.18. The lowest BCUT2D eigenvalue weighted by molar-refractivity contribution is -0.661. The molecular weight excluding hydrogens is 306 g/mol. The van der Waals surface area contributed by atoms with Gasteiger partial charge in [0.15, 0.2) is 0 Å². The maximum atomic E-state index is 6.39. The standard InChI is InChI=1S/C19H20ClN3/c1-13-10-17-18(11-14(13)2)23(19-21-8-5-9-22(17)19)12-15-6-3-4-7-16(15)20/h3-4,6-7,10-11H,5,8-9,12H2,1-2H3/p+1. The van der Waals surface area contributed by atoms with Gasteiger partial charge in [-0.05, 0) is 43.2 Å². The lowest BCUT2D eigenvalue weighted by atomic mass is 10.1.